The predicted molar refractivity (Wildman–Crippen MR) is 104 cm³/mol. The van der Waals surface area contributed by atoms with Crippen LogP contribution in [-0.2, 0) is 11.9 Å². The molecule has 0 aliphatic carbocycles. The summed E-state index contributed by atoms with van der Waals surface area (Å²) in [4.78, 5) is 12.2. The fourth-order valence-corrected chi connectivity index (χ4v) is 4.26. The van der Waals surface area contributed by atoms with Crippen molar-refractivity contribution in [2.24, 2.45) is 0 Å². The van der Waals surface area contributed by atoms with Gasteiger partial charge in [0.1, 0.15) is 5.69 Å². The van der Waals surface area contributed by atoms with Gasteiger partial charge < -0.3 is 5.11 Å². The van der Waals surface area contributed by atoms with Gasteiger partial charge in [-0.05, 0) is 49.6 Å². The van der Waals surface area contributed by atoms with E-state index in [1.54, 1.807) is 11.0 Å². The number of nitrogens with zero attached hydrogens (tertiary/aromatic N) is 3. The van der Waals surface area contributed by atoms with Gasteiger partial charge in [0.2, 0.25) is 0 Å². The summed E-state index contributed by atoms with van der Waals surface area (Å²) in [5.74, 6) is 0.771. The lowest BCUT2D eigenvalue weighted by molar-refractivity contribution is -0.658. The number of non-ortho nitro benzene ring substituents is 1. The fraction of sp³-hybridized carbons (Fsp3) is 0.381. The van der Waals surface area contributed by atoms with Crippen LogP contribution in [0, 0.1) is 10.1 Å². The lowest BCUT2D eigenvalue weighted by Gasteiger charge is -2.23. The second kappa shape index (κ2) is 7.39. The van der Waals surface area contributed by atoms with Crippen LogP contribution in [-0.4, -0.2) is 33.5 Å². The number of halogens is 3. The Morgan fingerprint density at radius 1 is 1.10 bits per heavy atom. The van der Waals surface area contributed by atoms with Crippen molar-refractivity contribution in [3.05, 3.63) is 69.8 Å². The average Bonchev–Trinajstić information content (AvgIpc) is 2.86. The number of aliphatic hydroxyl groups is 1. The number of hydrogen-bond donors (Lipinski definition) is 1. The van der Waals surface area contributed by atoms with E-state index in [0.717, 1.165) is 37.2 Å². The summed E-state index contributed by atoms with van der Waals surface area (Å²) in [6.45, 7) is 0.597. The molecule has 0 fully saturated rings. The van der Waals surface area contributed by atoms with Crippen molar-refractivity contribution in [2.45, 2.75) is 37.6 Å². The van der Waals surface area contributed by atoms with Crippen molar-refractivity contribution in [1.82, 2.24) is 0 Å². The summed E-state index contributed by atoms with van der Waals surface area (Å²) < 4.78 is 41.5. The molecule has 1 atom stereocenters. The zero-order valence-corrected chi connectivity index (χ0v) is 16.1. The summed E-state index contributed by atoms with van der Waals surface area (Å²) in [6.07, 6.45) is -1.16. The lowest BCUT2D eigenvalue weighted by Crippen LogP contribution is -2.41. The van der Waals surface area contributed by atoms with Crippen LogP contribution in [0.2, 0.25) is 0 Å². The number of alkyl halides is 3. The minimum Gasteiger partial charge on any atom is -0.346 e. The van der Waals surface area contributed by atoms with Crippen LogP contribution in [0.4, 0.5) is 24.5 Å². The Kier molecular flexibility index (Phi) is 5.01. The highest BCUT2D eigenvalue weighted by molar-refractivity contribution is 5.96. The van der Waals surface area contributed by atoms with Gasteiger partial charge in [0.05, 0.1) is 17.0 Å². The third-order valence-electron chi connectivity index (χ3n) is 5.76. The van der Waals surface area contributed by atoms with E-state index in [4.69, 9.17) is 0 Å². The first-order chi connectivity index (χ1) is 14.2. The topological polar surface area (TPSA) is 69.6 Å². The highest BCUT2D eigenvalue weighted by Crippen LogP contribution is 2.38. The Hall–Kier alpha value is -2.94. The predicted octanol–water partition coefficient (Wildman–Crippen LogP) is 4.26. The van der Waals surface area contributed by atoms with Gasteiger partial charge >= 0.3 is 6.18 Å². The molecule has 6 nitrogen and oxygen atoms in total. The van der Waals surface area contributed by atoms with Crippen LogP contribution >= 0.6 is 0 Å². The molecule has 0 aromatic heterocycles. The van der Waals surface area contributed by atoms with E-state index in [1.807, 2.05) is 4.58 Å². The van der Waals surface area contributed by atoms with Crippen molar-refractivity contribution in [3.63, 3.8) is 0 Å². The van der Waals surface area contributed by atoms with Gasteiger partial charge in [-0.2, -0.15) is 13.2 Å². The molecule has 0 spiro atoms. The summed E-state index contributed by atoms with van der Waals surface area (Å²) in [5.41, 5.74) is -1.48. The zero-order valence-electron chi connectivity index (χ0n) is 16.1. The van der Waals surface area contributed by atoms with Crippen LogP contribution in [0.3, 0.4) is 0 Å². The third-order valence-corrected chi connectivity index (χ3v) is 5.76. The van der Waals surface area contributed by atoms with Crippen LogP contribution in [0.5, 0.6) is 0 Å². The van der Waals surface area contributed by atoms with Crippen LogP contribution < -0.4 is 4.90 Å². The molecular weight excluding hydrogens is 399 g/mol. The molecule has 2 aromatic rings. The molecule has 2 heterocycles. The lowest BCUT2D eigenvalue weighted by atomic mass is 10.0. The first kappa shape index (κ1) is 20.3. The van der Waals surface area contributed by atoms with Crippen LogP contribution in [0.1, 0.15) is 36.8 Å². The molecule has 4 rings (SSSR count). The fourth-order valence-electron chi connectivity index (χ4n) is 4.26. The number of anilines is 1. The summed E-state index contributed by atoms with van der Waals surface area (Å²) >= 11 is 0. The quantitative estimate of drug-likeness (QED) is 0.458. The number of amidine groups is 1. The smallest absolute Gasteiger partial charge is 0.346 e. The van der Waals surface area contributed by atoms with Crippen molar-refractivity contribution in [3.8, 4) is 0 Å². The molecule has 9 heteroatoms. The molecule has 2 aromatic carbocycles. The normalized spacial score (nSPS) is 22.1. The van der Waals surface area contributed by atoms with Crippen molar-refractivity contribution in [1.29, 1.82) is 0 Å². The van der Waals surface area contributed by atoms with E-state index in [2.05, 4.69) is 0 Å². The van der Waals surface area contributed by atoms with E-state index >= 15 is 0 Å². The molecule has 158 valence electrons. The van der Waals surface area contributed by atoms with Crippen molar-refractivity contribution >= 4 is 17.2 Å². The highest BCUT2D eigenvalue weighted by Gasteiger charge is 2.52. The van der Waals surface area contributed by atoms with E-state index < -0.39 is 22.4 Å². The molecule has 0 bridgehead atoms. The van der Waals surface area contributed by atoms with Gasteiger partial charge in [-0.1, -0.05) is 6.07 Å². The Balaban J connectivity index is 1.78. The number of rotatable bonds is 3. The second-order valence-corrected chi connectivity index (χ2v) is 7.63. The van der Waals surface area contributed by atoms with Crippen molar-refractivity contribution < 1.29 is 27.8 Å². The monoisotopic (exact) mass is 420 g/mol. The first-order valence-corrected chi connectivity index (χ1v) is 9.76. The molecule has 2 aliphatic heterocycles. The molecule has 1 N–H and O–H groups in total. The molecule has 0 amide bonds. The highest BCUT2D eigenvalue weighted by atomic mass is 19.4. The summed E-state index contributed by atoms with van der Waals surface area (Å²) in [7, 11) is 0. The van der Waals surface area contributed by atoms with Gasteiger partial charge in [0.15, 0.2) is 6.54 Å². The van der Waals surface area contributed by atoms with Gasteiger partial charge in [0.25, 0.3) is 17.2 Å². The standard InChI is InChI=1S/C21H21F3N3O3/c22-21(23,24)16-5-4-6-18(13-16)25-14-20(28,26-12-3-1-2-7-19(25)26)15-8-10-17(11-9-15)27(29)30/h4-6,8-11,13,28H,1-3,7,12,14H2/q+1/t20-/m0/s1. The Morgan fingerprint density at radius 2 is 1.83 bits per heavy atom. The second-order valence-electron chi connectivity index (χ2n) is 7.63. The summed E-state index contributed by atoms with van der Waals surface area (Å²) in [5, 5.41) is 22.6. The van der Waals surface area contributed by atoms with Crippen LogP contribution in [0.15, 0.2) is 48.5 Å². The SMILES string of the molecule is O=[N+]([O-])c1ccc([C@@]2(O)CN(c3cccc(C(F)(F)F)c3)C3=[N+]2CCCCC3)cc1. The third kappa shape index (κ3) is 3.54. The molecule has 2 aliphatic rings. The zero-order chi connectivity index (χ0) is 21.5. The Bertz CT molecular complexity index is 1000. The van der Waals surface area contributed by atoms with E-state index in [1.165, 1.54) is 30.3 Å². The number of nitro benzene ring substituents is 1. The molecule has 0 radical (unpaired) electrons. The maximum Gasteiger partial charge on any atom is 0.416 e. The van der Waals surface area contributed by atoms with Gasteiger partial charge in [0, 0.05) is 24.1 Å². The molecular formula is C21H21F3N3O3+. The van der Waals surface area contributed by atoms with Crippen LogP contribution in [0.25, 0.3) is 0 Å². The number of β-amino-alcohol motifs (C(OH)–C–C–N with tert-alkyl or cyclic N) is 1. The maximum absolute atomic E-state index is 13.2. The van der Waals surface area contributed by atoms with E-state index in [9.17, 15) is 28.4 Å². The van der Waals surface area contributed by atoms with Gasteiger partial charge in [-0.25, -0.2) is 9.48 Å². The number of benzene rings is 2. The minimum absolute atomic E-state index is 0.0431. The molecule has 30 heavy (non-hydrogen) atoms. The minimum atomic E-state index is -4.46. The largest absolute Gasteiger partial charge is 0.416 e. The number of hydrogen-bond acceptors (Lipinski definition) is 4. The maximum atomic E-state index is 13.2. The Labute approximate surface area is 171 Å². The first-order valence-electron chi connectivity index (χ1n) is 9.76. The molecule has 0 unspecified atom stereocenters. The number of nitro groups is 1. The Morgan fingerprint density at radius 3 is 2.50 bits per heavy atom. The molecule has 0 saturated heterocycles. The van der Waals surface area contributed by atoms with Gasteiger partial charge in [-0.15, -0.1) is 0 Å². The van der Waals surface area contributed by atoms with Gasteiger partial charge in [-0.3, -0.25) is 10.1 Å². The van der Waals surface area contributed by atoms with Crippen molar-refractivity contribution in [2.75, 3.05) is 18.0 Å². The van der Waals surface area contributed by atoms with E-state index in [-0.39, 0.29) is 12.2 Å². The average molecular weight is 420 g/mol. The summed E-state index contributed by atoms with van der Waals surface area (Å²) in [6, 6.07) is 10.8. The molecule has 0 saturated carbocycles. The van der Waals surface area contributed by atoms with E-state index in [0.29, 0.717) is 24.2 Å².